The normalized spacial score (nSPS) is 17.8. The minimum atomic E-state index is -0.666. The fourth-order valence-corrected chi connectivity index (χ4v) is 6.10. The van der Waals surface area contributed by atoms with Crippen LogP contribution in [0.3, 0.4) is 0 Å². The van der Waals surface area contributed by atoms with Gasteiger partial charge in [-0.15, -0.1) is 0 Å². The third-order valence-electron chi connectivity index (χ3n) is 9.07. The molecule has 0 aromatic carbocycles. The number of rotatable bonds is 23. The fraction of sp³-hybridized carbons (Fsp3) is 1.00. The zero-order valence-electron chi connectivity index (χ0n) is 25.8. The topological polar surface area (TPSA) is 38.7 Å². The first-order valence-corrected chi connectivity index (χ1v) is 15.6. The second kappa shape index (κ2) is 19.0. The van der Waals surface area contributed by atoms with Crippen LogP contribution >= 0.6 is 0 Å². The van der Waals surface area contributed by atoms with Crippen LogP contribution in [0.15, 0.2) is 0 Å². The Morgan fingerprint density at radius 2 is 1.23 bits per heavy atom. The van der Waals surface area contributed by atoms with Crippen LogP contribution in [0.4, 0.5) is 0 Å². The Morgan fingerprint density at radius 1 is 0.686 bits per heavy atom. The van der Waals surface area contributed by atoms with Gasteiger partial charge >= 0.3 is 0 Å². The lowest BCUT2D eigenvalue weighted by Crippen LogP contribution is -2.38. The molecule has 0 aliphatic heterocycles. The molecule has 4 unspecified atom stereocenters. The highest BCUT2D eigenvalue weighted by molar-refractivity contribution is 4.88. The number of aliphatic hydroxyl groups is 1. The number of ether oxygens (including phenoxy) is 2. The molecule has 0 aliphatic rings. The van der Waals surface area contributed by atoms with Crippen molar-refractivity contribution in [3.8, 4) is 0 Å². The van der Waals surface area contributed by atoms with Gasteiger partial charge in [-0.2, -0.15) is 0 Å². The zero-order valence-corrected chi connectivity index (χ0v) is 25.8. The molecule has 3 heteroatoms. The molecule has 35 heavy (non-hydrogen) atoms. The van der Waals surface area contributed by atoms with E-state index in [0.717, 1.165) is 49.9 Å². The standard InChI is InChI=1S/C32H66O3/c1-11-19-30(33)35-32(17-7,18-8)20-21-34-29(16-6)25-31(22-26(9)12-2,23-27(10)13-3)24-28(14-4)15-5/h26-30,33H,11-25H2,1-10H3. The van der Waals surface area contributed by atoms with Crippen LogP contribution in [-0.2, 0) is 9.47 Å². The highest BCUT2D eigenvalue weighted by Gasteiger charge is 2.37. The molecule has 0 rings (SSSR count). The SMILES string of the molecule is CCCC(O)OC(CC)(CC)CCOC(CC)CC(CC(C)CC)(CC(C)CC)CC(CC)CC. The predicted octanol–water partition coefficient (Wildman–Crippen LogP) is 9.94. The molecule has 0 heterocycles. The van der Waals surface area contributed by atoms with E-state index in [1.54, 1.807) is 0 Å². The van der Waals surface area contributed by atoms with Gasteiger partial charge in [0.05, 0.1) is 11.7 Å². The molecule has 0 aromatic rings. The van der Waals surface area contributed by atoms with Crippen molar-refractivity contribution in [3.05, 3.63) is 0 Å². The lowest BCUT2D eigenvalue weighted by atomic mass is 9.64. The molecule has 0 spiro atoms. The van der Waals surface area contributed by atoms with E-state index in [0.29, 0.717) is 24.5 Å². The van der Waals surface area contributed by atoms with Crippen LogP contribution in [0.5, 0.6) is 0 Å². The minimum Gasteiger partial charge on any atom is -0.378 e. The van der Waals surface area contributed by atoms with Crippen molar-refractivity contribution in [1.29, 1.82) is 0 Å². The summed E-state index contributed by atoms with van der Waals surface area (Å²) >= 11 is 0. The lowest BCUT2D eigenvalue weighted by molar-refractivity contribution is -0.199. The van der Waals surface area contributed by atoms with Crippen LogP contribution in [0.2, 0.25) is 0 Å². The van der Waals surface area contributed by atoms with Gasteiger partial charge in [-0.25, -0.2) is 0 Å². The average molecular weight is 499 g/mol. The lowest BCUT2D eigenvalue weighted by Gasteiger charge is -2.43. The summed E-state index contributed by atoms with van der Waals surface area (Å²) in [5.74, 6) is 2.32. The molecule has 0 aromatic heterocycles. The van der Waals surface area contributed by atoms with Gasteiger partial charge in [0.25, 0.3) is 0 Å². The van der Waals surface area contributed by atoms with E-state index in [1.165, 1.54) is 51.4 Å². The Balaban J connectivity index is 5.61. The maximum absolute atomic E-state index is 10.3. The van der Waals surface area contributed by atoms with Crippen molar-refractivity contribution in [2.24, 2.45) is 23.2 Å². The molecular weight excluding hydrogens is 432 g/mol. The van der Waals surface area contributed by atoms with E-state index in [4.69, 9.17) is 9.47 Å². The van der Waals surface area contributed by atoms with Crippen LogP contribution in [0, 0.1) is 23.2 Å². The Labute approximate surface area is 221 Å². The molecule has 1 N–H and O–H groups in total. The molecule has 0 amide bonds. The predicted molar refractivity (Wildman–Crippen MR) is 154 cm³/mol. The van der Waals surface area contributed by atoms with Crippen molar-refractivity contribution in [1.82, 2.24) is 0 Å². The van der Waals surface area contributed by atoms with Crippen LogP contribution in [0.25, 0.3) is 0 Å². The van der Waals surface area contributed by atoms with Crippen LogP contribution in [-0.4, -0.2) is 29.7 Å². The first kappa shape index (κ1) is 34.9. The second-order valence-corrected chi connectivity index (χ2v) is 11.9. The second-order valence-electron chi connectivity index (χ2n) is 11.9. The summed E-state index contributed by atoms with van der Waals surface area (Å²) in [5.41, 5.74) is 0.0789. The van der Waals surface area contributed by atoms with Gasteiger partial charge in [-0.1, -0.05) is 101 Å². The first-order valence-electron chi connectivity index (χ1n) is 15.6. The summed E-state index contributed by atoms with van der Waals surface area (Å²) in [7, 11) is 0. The molecule has 0 bridgehead atoms. The van der Waals surface area contributed by atoms with Crippen LogP contribution in [0.1, 0.15) is 159 Å². The summed E-state index contributed by atoms with van der Waals surface area (Å²) in [6.07, 6.45) is 15.3. The number of hydrogen-bond donors (Lipinski definition) is 1. The smallest absolute Gasteiger partial charge is 0.155 e. The Kier molecular flexibility index (Phi) is 19.0. The van der Waals surface area contributed by atoms with Gasteiger partial charge in [0.1, 0.15) is 0 Å². The van der Waals surface area contributed by atoms with Crippen molar-refractivity contribution in [3.63, 3.8) is 0 Å². The Morgan fingerprint density at radius 3 is 1.63 bits per heavy atom. The van der Waals surface area contributed by atoms with Gasteiger partial charge in [0, 0.05) is 6.61 Å². The minimum absolute atomic E-state index is 0.285. The van der Waals surface area contributed by atoms with Gasteiger partial charge in [-0.05, 0) is 81.0 Å². The molecule has 3 nitrogen and oxygen atoms in total. The third-order valence-corrected chi connectivity index (χ3v) is 9.07. The molecule has 0 fully saturated rings. The quantitative estimate of drug-likeness (QED) is 0.142. The van der Waals surface area contributed by atoms with Gasteiger partial charge in [-0.3, -0.25) is 0 Å². The monoisotopic (exact) mass is 499 g/mol. The van der Waals surface area contributed by atoms with E-state index in [-0.39, 0.29) is 5.60 Å². The highest BCUT2D eigenvalue weighted by Crippen LogP contribution is 2.46. The molecule has 0 saturated heterocycles. The maximum atomic E-state index is 10.3. The van der Waals surface area contributed by atoms with E-state index in [1.807, 2.05) is 0 Å². The van der Waals surface area contributed by atoms with Crippen molar-refractivity contribution in [2.45, 2.75) is 177 Å². The molecular formula is C32H66O3. The van der Waals surface area contributed by atoms with E-state index in [2.05, 4.69) is 69.2 Å². The summed E-state index contributed by atoms with van der Waals surface area (Å²) in [4.78, 5) is 0. The van der Waals surface area contributed by atoms with Crippen molar-refractivity contribution >= 4 is 0 Å². The maximum Gasteiger partial charge on any atom is 0.155 e. The molecule has 4 atom stereocenters. The third kappa shape index (κ3) is 13.3. The molecule has 212 valence electrons. The van der Waals surface area contributed by atoms with Gasteiger partial charge in [0.15, 0.2) is 6.29 Å². The van der Waals surface area contributed by atoms with Crippen molar-refractivity contribution < 1.29 is 14.6 Å². The molecule has 0 saturated carbocycles. The largest absolute Gasteiger partial charge is 0.378 e. The van der Waals surface area contributed by atoms with E-state index >= 15 is 0 Å². The Hall–Kier alpha value is -0.120. The fourth-order valence-electron chi connectivity index (χ4n) is 6.10. The highest BCUT2D eigenvalue weighted by atomic mass is 16.6. The average Bonchev–Trinajstić information content (AvgIpc) is 2.85. The van der Waals surface area contributed by atoms with Crippen LogP contribution < -0.4 is 0 Å². The molecule has 0 radical (unpaired) electrons. The number of hydrogen-bond acceptors (Lipinski definition) is 3. The van der Waals surface area contributed by atoms with E-state index < -0.39 is 6.29 Å². The number of aliphatic hydroxyl groups excluding tert-OH is 1. The first-order chi connectivity index (χ1) is 16.6. The van der Waals surface area contributed by atoms with Crippen molar-refractivity contribution in [2.75, 3.05) is 6.61 Å². The van der Waals surface area contributed by atoms with Gasteiger partial charge < -0.3 is 14.6 Å². The Bertz CT molecular complexity index is 471. The summed E-state index contributed by atoms with van der Waals surface area (Å²) in [5, 5.41) is 10.3. The molecule has 0 aliphatic carbocycles. The zero-order chi connectivity index (χ0) is 26.9. The summed E-state index contributed by atoms with van der Waals surface area (Å²) in [6, 6.07) is 0. The summed E-state index contributed by atoms with van der Waals surface area (Å²) < 4.78 is 12.9. The van der Waals surface area contributed by atoms with Gasteiger partial charge in [0.2, 0.25) is 0 Å². The van der Waals surface area contributed by atoms with E-state index in [9.17, 15) is 5.11 Å². The summed E-state index contributed by atoms with van der Waals surface area (Å²) in [6.45, 7) is 23.8.